The number of ether oxygens (including phenoxy) is 1. The van der Waals surface area contributed by atoms with Crippen molar-refractivity contribution in [1.29, 1.82) is 0 Å². The molecule has 0 bridgehead atoms. The molecular formula is C15H16F3NOS. The molecule has 1 heterocycles. The van der Waals surface area contributed by atoms with Crippen LogP contribution in [0.2, 0.25) is 0 Å². The SMILES string of the molecule is CCNC(c1cccc(C(F)(F)F)c1)c1cc(OC)cs1. The third-order valence-corrected chi connectivity index (χ3v) is 4.05. The molecule has 0 aliphatic carbocycles. The summed E-state index contributed by atoms with van der Waals surface area (Å²) < 4.78 is 43.7. The normalized spacial score (nSPS) is 13.2. The Bertz CT molecular complexity index is 595. The summed E-state index contributed by atoms with van der Waals surface area (Å²) >= 11 is 1.46. The van der Waals surface area contributed by atoms with Gasteiger partial charge in [-0.1, -0.05) is 19.1 Å². The summed E-state index contributed by atoms with van der Waals surface area (Å²) in [4.78, 5) is 0.924. The molecule has 0 aliphatic rings. The Morgan fingerprint density at radius 1 is 1.29 bits per heavy atom. The predicted octanol–water partition coefficient (Wildman–Crippen LogP) is 4.47. The fourth-order valence-electron chi connectivity index (χ4n) is 2.07. The van der Waals surface area contributed by atoms with Gasteiger partial charge in [0.25, 0.3) is 0 Å². The second-order valence-corrected chi connectivity index (χ2v) is 5.45. The Hall–Kier alpha value is -1.53. The summed E-state index contributed by atoms with van der Waals surface area (Å²) in [5.74, 6) is 0.713. The molecule has 2 rings (SSSR count). The van der Waals surface area contributed by atoms with Crippen LogP contribution in [0.5, 0.6) is 5.75 Å². The van der Waals surface area contributed by atoms with Crippen molar-refractivity contribution in [1.82, 2.24) is 5.32 Å². The van der Waals surface area contributed by atoms with E-state index in [2.05, 4.69) is 5.32 Å². The van der Waals surface area contributed by atoms with E-state index in [9.17, 15) is 13.2 Å². The van der Waals surface area contributed by atoms with Gasteiger partial charge in [-0.2, -0.15) is 13.2 Å². The van der Waals surface area contributed by atoms with Crippen molar-refractivity contribution in [2.75, 3.05) is 13.7 Å². The lowest BCUT2D eigenvalue weighted by Gasteiger charge is -2.18. The summed E-state index contributed by atoms with van der Waals surface area (Å²) in [6.45, 7) is 2.58. The lowest BCUT2D eigenvalue weighted by Crippen LogP contribution is -2.21. The molecule has 1 aromatic heterocycles. The highest BCUT2D eigenvalue weighted by atomic mass is 32.1. The molecule has 0 saturated heterocycles. The molecule has 1 aromatic carbocycles. The first kappa shape index (κ1) is 15.9. The van der Waals surface area contributed by atoms with Crippen molar-refractivity contribution in [3.8, 4) is 5.75 Å². The molecule has 1 unspecified atom stereocenters. The maximum Gasteiger partial charge on any atom is 0.416 e. The minimum atomic E-state index is -4.33. The minimum Gasteiger partial charge on any atom is -0.496 e. The summed E-state index contributed by atoms with van der Waals surface area (Å²) in [6, 6.07) is 6.99. The van der Waals surface area contributed by atoms with Gasteiger partial charge in [0, 0.05) is 10.3 Å². The fourth-order valence-corrected chi connectivity index (χ4v) is 3.03. The number of nitrogens with one attached hydrogen (secondary N) is 1. The summed E-state index contributed by atoms with van der Waals surface area (Å²) in [5, 5.41) is 5.06. The van der Waals surface area contributed by atoms with Crippen LogP contribution in [0, 0.1) is 0 Å². The van der Waals surface area contributed by atoms with E-state index in [-0.39, 0.29) is 6.04 Å². The first-order chi connectivity index (χ1) is 9.95. The Kier molecular flexibility index (Phi) is 4.90. The number of methoxy groups -OCH3 is 1. The highest BCUT2D eigenvalue weighted by Gasteiger charge is 2.31. The zero-order valence-corrected chi connectivity index (χ0v) is 12.5. The predicted molar refractivity (Wildman–Crippen MR) is 77.8 cm³/mol. The number of thiophene rings is 1. The van der Waals surface area contributed by atoms with E-state index in [0.29, 0.717) is 17.9 Å². The third kappa shape index (κ3) is 3.77. The first-order valence-electron chi connectivity index (χ1n) is 6.48. The number of benzene rings is 1. The molecular weight excluding hydrogens is 299 g/mol. The molecule has 0 radical (unpaired) electrons. The fraction of sp³-hybridized carbons (Fsp3) is 0.333. The zero-order valence-electron chi connectivity index (χ0n) is 11.7. The van der Waals surface area contributed by atoms with Gasteiger partial charge in [0.1, 0.15) is 5.75 Å². The average molecular weight is 315 g/mol. The van der Waals surface area contributed by atoms with E-state index in [4.69, 9.17) is 4.74 Å². The molecule has 0 aliphatic heterocycles. The molecule has 114 valence electrons. The number of alkyl halides is 3. The summed E-state index contributed by atoms with van der Waals surface area (Å²) in [6.07, 6.45) is -4.33. The van der Waals surface area contributed by atoms with Crippen molar-refractivity contribution in [3.63, 3.8) is 0 Å². The van der Waals surface area contributed by atoms with Crippen molar-refractivity contribution < 1.29 is 17.9 Å². The van der Waals surface area contributed by atoms with Crippen molar-refractivity contribution in [3.05, 3.63) is 51.7 Å². The quantitative estimate of drug-likeness (QED) is 0.878. The van der Waals surface area contributed by atoms with Gasteiger partial charge in [-0.25, -0.2) is 0 Å². The largest absolute Gasteiger partial charge is 0.496 e. The van der Waals surface area contributed by atoms with E-state index in [1.165, 1.54) is 23.5 Å². The number of rotatable bonds is 5. The van der Waals surface area contributed by atoms with Crippen LogP contribution in [0.15, 0.2) is 35.7 Å². The molecule has 6 heteroatoms. The average Bonchev–Trinajstić information content (AvgIpc) is 2.92. The number of hydrogen-bond donors (Lipinski definition) is 1. The number of hydrogen-bond acceptors (Lipinski definition) is 3. The van der Waals surface area contributed by atoms with Gasteiger partial charge in [-0.05, 0) is 30.3 Å². The smallest absolute Gasteiger partial charge is 0.416 e. The number of halogens is 3. The topological polar surface area (TPSA) is 21.3 Å². The van der Waals surface area contributed by atoms with E-state index in [1.807, 2.05) is 18.4 Å². The molecule has 0 saturated carbocycles. The van der Waals surface area contributed by atoms with Gasteiger partial charge in [0.2, 0.25) is 0 Å². The minimum absolute atomic E-state index is 0.272. The van der Waals surface area contributed by atoms with Crippen LogP contribution < -0.4 is 10.1 Å². The van der Waals surface area contributed by atoms with Crippen molar-refractivity contribution in [2.45, 2.75) is 19.1 Å². The molecule has 2 nitrogen and oxygen atoms in total. The van der Waals surface area contributed by atoms with Crippen LogP contribution in [0.1, 0.15) is 29.0 Å². The standard InChI is InChI=1S/C15H16F3NOS/c1-3-19-14(13-8-12(20-2)9-21-13)10-5-4-6-11(7-10)15(16,17)18/h4-9,14,19H,3H2,1-2H3. The van der Waals surface area contributed by atoms with Crippen LogP contribution in [0.3, 0.4) is 0 Å². The second kappa shape index (κ2) is 6.49. The van der Waals surface area contributed by atoms with E-state index in [0.717, 1.165) is 10.9 Å². The van der Waals surface area contributed by atoms with Crippen LogP contribution in [0.4, 0.5) is 13.2 Å². The van der Waals surface area contributed by atoms with Gasteiger partial charge in [0.15, 0.2) is 0 Å². The van der Waals surface area contributed by atoms with E-state index in [1.54, 1.807) is 13.2 Å². The Morgan fingerprint density at radius 2 is 2.05 bits per heavy atom. The Morgan fingerprint density at radius 3 is 2.62 bits per heavy atom. The lowest BCUT2D eigenvalue weighted by atomic mass is 10.0. The zero-order chi connectivity index (χ0) is 15.5. The molecule has 0 amide bonds. The molecule has 1 N–H and O–H groups in total. The lowest BCUT2D eigenvalue weighted by molar-refractivity contribution is -0.137. The van der Waals surface area contributed by atoms with Crippen LogP contribution in [-0.2, 0) is 6.18 Å². The summed E-state index contributed by atoms with van der Waals surface area (Å²) in [7, 11) is 1.57. The highest BCUT2D eigenvalue weighted by molar-refractivity contribution is 7.10. The summed E-state index contributed by atoms with van der Waals surface area (Å²) in [5.41, 5.74) is -0.0393. The molecule has 0 fully saturated rings. The molecule has 2 aromatic rings. The maximum atomic E-state index is 12.8. The van der Waals surface area contributed by atoms with Gasteiger partial charge in [-0.15, -0.1) is 11.3 Å². The van der Waals surface area contributed by atoms with Gasteiger partial charge in [-0.3, -0.25) is 0 Å². The second-order valence-electron chi connectivity index (χ2n) is 4.50. The highest BCUT2D eigenvalue weighted by Crippen LogP contribution is 2.34. The van der Waals surface area contributed by atoms with Gasteiger partial charge in [0.05, 0.1) is 18.7 Å². The Labute approximate surface area is 125 Å². The van der Waals surface area contributed by atoms with E-state index >= 15 is 0 Å². The Balaban J connectivity index is 2.38. The first-order valence-corrected chi connectivity index (χ1v) is 7.36. The molecule has 0 spiro atoms. The molecule has 1 atom stereocenters. The van der Waals surface area contributed by atoms with Gasteiger partial charge >= 0.3 is 6.18 Å². The van der Waals surface area contributed by atoms with Gasteiger partial charge < -0.3 is 10.1 Å². The van der Waals surface area contributed by atoms with E-state index < -0.39 is 11.7 Å². The van der Waals surface area contributed by atoms with Crippen LogP contribution in [-0.4, -0.2) is 13.7 Å². The monoisotopic (exact) mass is 315 g/mol. The maximum absolute atomic E-state index is 12.8. The van der Waals surface area contributed by atoms with Crippen LogP contribution >= 0.6 is 11.3 Å². The van der Waals surface area contributed by atoms with Crippen LogP contribution in [0.25, 0.3) is 0 Å². The molecule has 21 heavy (non-hydrogen) atoms. The third-order valence-electron chi connectivity index (χ3n) is 3.07. The van der Waals surface area contributed by atoms with Crippen molar-refractivity contribution in [2.24, 2.45) is 0 Å². The van der Waals surface area contributed by atoms with Crippen molar-refractivity contribution >= 4 is 11.3 Å².